The van der Waals surface area contributed by atoms with E-state index in [9.17, 15) is 4.79 Å². The van der Waals surface area contributed by atoms with Crippen molar-refractivity contribution in [1.82, 2.24) is 15.0 Å². The Morgan fingerprint density at radius 1 is 1.06 bits per heavy atom. The van der Waals surface area contributed by atoms with Crippen LogP contribution in [0.3, 0.4) is 0 Å². The van der Waals surface area contributed by atoms with Crippen molar-refractivity contribution in [3.63, 3.8) is 0 Å². The van der Waals surface area contributed by atoms with Gasteiger partial charge < -0.3 is 16.0 Å². The van der Waals surface area contributed by atoms with Gasteiger partial charge in [0.1, 0.15) is 5.75 Å². The van der Waals surface area contributed by atoms with E-state index in [2.05, 4.69) is 10.5 Å². The SMILES string of the molecule is CCOc1ccccc1-c1nc2ccccc2c(=O)n1-c1ccc(/C(=N/N)NN)cc1. The van der Waals surface area contributed by atoms with E-state index in [0.29, 0.717) is 46.2 Å². The van der Waals surface area contributed by atoms with E-state index >= 15 is 0 Å². The van der Waals surface area contributed by atoms with E-state index in [1.807, 2.05) is 49.4 Å². The molecule has 0 radical (unpaired) electrons. The Morgan fingerprint density at radius 2 is 1.77 bits per heavy atom. The van der Waals surface area contributed by atoms with Crippen LogP contribution < -0.4 is 27.4 Å². The number of benzene rings is 3. The summed E-state index contributed by atoms with van der Waals surface area (Å²) < 4.78 is 7.39. The fourth-order valence-electron chi connectivity index (χ4n) is 3.45. The van der Waals surface area contributed by atoms with E-state index in [0.717, 1.165) is 5.56 Å². The minimum absolute atomic E-state index is 0.177. The summed E-state index contributed by atoms with van der Waals surface area (Å²) in [5.41, 5.74) is 4.94. The number of aromatic nitrogens is 2. The molecule has 4 aromatic rings. The van der Waals surface area contributed by atoms with Gasteiger partial charge >= 0.3 is 0 Å². The molecule has 5 N–H and O–H groups in total. The lowest BCUT2D eigenvalue weighted by Gasteiger charge is -2.17. The van der Waals surface area contributed by atoms with Crippen LogP contribution in [0.4, 0.5) is 0 Å². The van der Waals surface area contributed by atoms with Crippen LogP contribution in [0, 0.1) is 0 Å². The number of hydrazine groups is 1. The highest BCUT2D eigenvalue weighted by molar-refractivity contribution is 5.98. The smallest absolute Gasteiger partial charge is 0.266 e. The lowest BCUT2D eigenvalue weighted by Crippen LogP contribution is -2.32. The molecule has 0 aliphatic heterocycles. The van der Waals surface area contributed by atoms with Crippen molar-refractivity contribution in [2.24, 2.45) is 16.8 Å². The summed E-state index contributed by atoms with van der Waals surface area (Å²) in [7, 11) is 0. The first-order valence-electron chi connectivity index (χ1n) is 9.77. The first-order chi connectivity index (χ1) is 15.2. The van der Waals surface area contributed by atoms with Gasteiger partial charge in [-0.15, -0.1) is 0 Å². The normalized spacial score (nSPS) is 11.5. The maximum absolute atomic E-state index is 13.5. The molecule has 0 bridgehead atoms. The monoisotopic (exact) mass is 414 g/mol. The number of nitrogens with one attached hydrogen (secondary N) is 1. The summed E-state index contributed by atoms with van der Waals surface area (Å²) in [6.45, 7) is 2.41. The minimum atomic E-state index is -0.177. The van der Waals surface area contributed by atoms with Gasteiger partial charge in [0.15, 0.2) is 11.7 Å². The largest absolute Gasteiger partial charge is 0.493 e. The number of ether oxygens (including phenoxy) is 1. The van der Waals surface area contributed by atoms with Crippen molar-refractivity contribution >= 4 is 16.7 Å². The number of amidine groups is 1. The molecule has 0 amide bonds. The maximum atomic E-state index is 13.5. The molecule has 0 spiro atoms. The molecule has 0 aliphatic rings. The summed E-state index contributed by atoms with van der Waals surface area (Å²) in [6, 6.07) is 22.0. The topological polar surface area (TPSA) is 121 Å². The van der Waals surface area contributed by atoms with Gasteiger partial charge in [0.25, 0.3) is 5.56 Å². The van der Waals surface area contributed by atoms with Gasteiger partial charge in [0.2, 0.25) is 0 Å². The average molecular weight is 414 g/mol. The Labute approximate surface area is 178 Å². The van der Waals surface area contributed by atoms with E-state index in [1.54, 1.807) is 34.9 Å². The van der Waals surface area contributed by atoms with Crippen molar-refractivity contribution in [1.29, 1.82) is 0 Å². The number of fused-ring (bicyclic) bond motifs is 1. The number of nitrogens with two attached hydrogens (primary N) is 2. The van der Waals surface area contributed by atoms with Crippen molar-refractivity contribution < 1.29 is 4.74 Å². The molecule has 1 aromatic heterocycles. The Bertz CT molecular complexity index is 1310. The third-order valence-corrected chi connectivity index (χ3v) is 4.87. The van der Waals surface area contributed by atoms with Crippen LogP contribution in [-0.4, -0.2) is 22.0 Å². The summed E-state index contributed by atoms with van der Waals surface area (Å²) in [5, 5.41) is 4.14. The van der Waals surface area contributed by atoms with Crippen molar-refractivity contribution in [2.45, 2.75) is 6.92 Å². The van der Waals surface area contributed by atoms with Gasteiger partial charge in [-0.3, -0.25) is 9.36 Å². The molecule has 156 valence electrons. The van der Waals surface area contributed by atoms with Gasteiger partial charge in [-0.25, -0.2) is 10.8 Å². The molecule has 0 unspecified atom stereocenters. The molecule has 0 aliphatic carbocycles. The number of nitrogens with zero attached hydrogens (tertiary/aromatic N) is 3. The van der Waals surface area contributed by atoms with Crippen LogP contribution in [0.1, 0.15) is 12.5 Å². The molecule has 1 heterocycles. The molecular formula is C23H22N6O2. The van der Waals surface area contributed by atoms with Gasteiger partial charge in [0.05, 0.1) is 28.8 Å². The van der Waals surface area contributed by atoms with E-state index < -0.39 is 0 Å². The first-order valence-corrected chi connectivity index (χ1v) is 9.77. The molecule has 0 atom stereocenters. The molecule has 3 aromatic carbocycles. The predicted octanol–water partition coefficient (Wildman–Crippen LogP) is 2.53. The fourth-order valence-corrected chi connectivity index (χ4v) is 3.45. The highest BCUT2D eigenvalue weighted by atomic mass is 16.5. The number of hydrogen-bond acceptors (Lipinski definition) is 6. The quantitative estimate of drug-likeness (QED) is 0.200. The Kier molecular flexibility index (Phi) is 5.63. The van der Waals surface area contributed by atoms with Gasteiger partial charge in [-0.05, 0) is 55.5 Å². The van der Waals surface area contributed by atoms with Crippen LogP contribution in [0.15, 0.2) is 82.7 Å². The lowest BCUT2D eigenvalue weighted by molar-refractivity contribution is 0.341. The van der Waals surface area contributed by atoms with E-state index in [4.69, 9.17) is 21.4 Å². The molecule has 8 heteroatoms. The van der Waals surface area contributed by atoms with Crippen molar-refractivity contribution in [3.8, 4) is 22.8 Å². The van der Waals surface area contributed by atoms with Crippen LogP contribution in [0.2, 0.25) is 0 Å². The van der Waals surface area contributed by atoms with Crippen molar-refractivity contribution in [3.05, 3.63) is 88.7 Å². The van der Waals surface area contributed by atoms with Crippen molar-refractivity contribution in [2.75, 3.05) is 6.61 Å². The minimum Gasteiger partial charge on any atom is -0.493 e. The molecule has 4 rings (SSSR count). The summed E-state index contributed by atoms with van der Waals surface area (Å²) >= 11 is 0. The lowest BCUT2D eigenvalue weighted by atomic mass is 10.1. The standard InChI is InChI=1S/C23H22N6O2/c1-2-31-20-10-6-4-8-18(20)22-26-19-9-5-3-7-17(19)23(30)29(22)16-13-11-15(12-14-16)21(27-24)28-25/h3-14H,2,24-25H2,1H3,(H,27,28). The highest BCUT2D eigenvalue weighted by Crippen LogP contribution is 2.30. The molecular weight excluding hydrogens is 392 g/mol. The zero-order valence-electron chi connectivity index (χ0n) is 16.9. The third kappa shape index (κ3) is 3.72. The highest BCUT2D eigenvalue weighted by Gasteiger charge is 2.17. The second-order valence-corrected chi connectivity index (χ2v) is 6.69. The Morgan fingerprint density at radius 3 is 2.48 bits per heavy atom. The second kappa shape index (κ2) is 8.68. The van der Waals surface area contributed by atoms with Crippen LogP contribution >= 0.6 is 0 Å². The van der Waals surface area contributed by atoms with Crippen LogP contribution in [0.5, 0.6) is 5.75 Å². The molecule has 8 nitrogen and oxygen atoms in total. The zero-order chi connectivity index (χ0) is 21.8. The Hall–Kier alpha value is -4.17. The maximum Gasteiger partial charge on any atom is 0.266 e. The molecule has 0 fully saturated rings. The van der Waals surface area contributed by atoms with Gasteiger partial charge in [0, 0.05) is 5.56 Å². The number of rotatable bonds is 5. The number of para-hydroxylation sites is 2. The molecule has 0 saturated heterocycles. The third-order valence-electron chi connectivity index (χ3n) is 4.87. The van der Waals surface area contributed by atoms with Crippen LogP contribution in [-0.2, 0) is 0 Å². The average Bonchev–Trinajstić information content (AvgIpc) is 2.81. The van der Waals surface area contributed by atoms with Crippen LogP contribution in [0.25, 0.3) is 28.0 Å². The fraction of sp³-hybridized carbons (Fsp3) is 0.0870. The Balaban J connectivity index is 2.00. The first kappa shape index (κ1) is 20.1. The summed E-state index contributed by atoms with van der Waals surface area (Å²) in [4.78, 5) is 18.4. The summed E-state index contributed by atoms with van der Waals surface area (Å²) in [5.74, 6) is 12.3. The molecule has 0 saturated carbocycles. The van der Waals surface area contributed by atoms with Gasteiger partial charge in [-0.2, -0.15) is 5.10 Å². The summed E-state index contributed by atoms with van der Waals surface area (Å²) in [6.07, 6.45) is 0. The van der Waals surface area contributed by atoms with E-state index in [-0.39, 0.29) is 5.56 Å². The van der Waals surface area contributed by atoms with Gasteiger partial charge in [-0.1, -0.05) is 24.3 Å². The number of hydrazone groups is 1. The predicted molar refractivity (Wildman–Crippen MR) is 122 cm³/mol. The zero-order valence-corrected chi connectivity index (χ0v) is 16.9. The number of hydrogen-bond donors (Lipinski definition) is 3. The van der Waals surface area contributed by atoms with E-state index in [1.165, 1.54) is 0 Å². The second-order valence-electron chi connectivity index (χ2n) is 6.69. The molecule has 31 heavy (non-hydrogen) atoms.